The fraction of sp³-hybridized carbons (Fsp3) is 0.238. The van der Waals surface area contributed by atoms with Crippen molar-refractivity contribution in [3.63, 3.8) is 0 Å². The fourth-order valence-electron chi connectivity index (χ4n) is 3.03. The summed E-state index contributed by atoms with van der Waals surface area (Å²) in [6.45, 7) is 6.61. The molecule has 3 rings (SSSR count). The van der Waals surface area contributed by atoms with Crippen molar-refractivity contribution in [2.45, 2.75) is 26.3 Å². The average molecular weight is 315 g/mol. The van der Waals surface area contributed by atoms with Crippen LogP contribution >= 0.6 is 0 Å². The highest BCUT2D eigenvalue weighted by Gasteiger charge is 2.28. The fourth-order valence-corrected chi connectivity index (χ4v) is 3.03. The topological polar surface area (TPSA) is 39.4 Å². The number of nitriles is 1. The van der Waals surface area contributed by atoms with E-state index in [9.17, 15) is 0 Å². The first kappa shape index (κ1) is 16.0. The molecule has 1 aliphatic heterocycles. The van der Waals surface area contributed by atoms with Gasteiger partial charge in [0, 0.05) is 24.5 Å². The number of allylic oxidation sites excluding steroid dienone is 1. The van der Waals surface area contributed by atoms with Crippen molar-refractivity contribution >= 4 is 23.2 Å². The molecular formula is C21H21N3. The first-order chi connectivity index (χ1) is 11.4. The van der Waals surface area contributed by atoms with E-state index in [1.54, 1.807) is 12.1 Å². The van der Waals surface area contributed by atoms with Crippen molar-refractivity contribution in [3.05, 3.63) is 65.2 Å². The lowest BCUT2D eigenvalue weighted by molar-refractivity contribution is 0.598. The molecular weight excluding hydrogens is 294 g/mol. The molecule has 120 valence electrons. The molecule has 0 atom stereocenters. The third-order valence-corrected chi connectivity index (χ3v) is 4.60. The zero-order chi connectivity index (χ0) is 17.3. The molecule has 0 amide bonds. The zero-order valence-corrected chi connectivity index (χ0v) is 14.5. The van der Waals surface area contributed by atoms with E-state index in [-0.39, 0.29) is 5.54 Å². The lowest BCUT2D eigenvalue weighted by atomic mass is 9.89. The summed E-state index contributed by atoms with van der Waals surface area (Å²) in [7, 11) is 2.13. The van der Waals surface area contributed by atoms with Gasteiger partial charge in [0.05, 0.1) is 22.9 Å². The van der Waals surface area contributed by atoms with Gasteiger partial charge in [0.1, 0.15) is 0 Å². The third kappa shape index (κ3) is 2.96. The van der Waals surface area contributed by atoms with Crippen LogP contribution in [0.15, 0.2) is 53.5 Å². The van der Waals surface area contributed by atoms with Crippen LogP contribution in [0.4, 0.5) is 11.4 Å². The molecule has 0 fully saturated rings. The largest absolute Gasteiger partial charge is 0.366 e. The molecule has 0 saturated carbocycles. The smallest absolute Gasteiger partial charge is 0.0991 e. The second kappa shape index (κ2) is 5.98. The number of hydrogen-bond donors (Lipinski definition) is 0. The summed E-state index contributed by atoms with van der Waals surface area (Å²) in [6.07, 6.45) is 4.17. The Kier molecular flexibility index (Phi) is 3.99. The van der Waals surface area contributed by atoms with Gasteiger partial charge in [-0.05, 0) is 68.3 Å². The SMILES string of the molecule is CC1=CC(C)(C)N(C)c2ccc(C=Nc3ccc(C#N)cc3)cc21. The van der Waals surface area contributed by atoms with Crippen molar-refractivity contribution in [2.75, 3.05) is 11.9 Å². The summed E-state index contributed by atoms with van der Waals surface area (Å²) in [4.78, 5) is 6.81. The van der Waals surface area contributed by atoms with E-state index in [0.717, 1.165) is 11.3 Å². The molecule has 0 aliphatic carbocycles. The number of aliphatic imine (C=N–C) groups is 1. The maximum absolute atomic E-state index is 8.83. The monoisotopic (exact) mass is 315 g/mol. The minimum atomic E-state index is 0.0230. The van der Waals surface area contributed by atoms with Crippen molar-refractivity contribution in [2.24, 2.45) is 4.99 Å². The molecule has 2 aromatic carbocycles. The third-order valence-electron chi connectivity index (χ3n) is 4.60. The summed E-state index contributed by atoms with van der Waals surface area (Å²) in [5.41, 5.74) is 6.37. The molecule has 2 aromatic rings. The molecule has 1 aliphatic rings. The lowest BCUT2D eigenvalue weighted by Gasteiger charge is -2.40. The number of benzene rings is 2. The number of rotatable bonds is 2. The summed E-state index contributed by atoms with van der Waals surface area (Å²) in [5, 5.41) is 8.83. The Morgan fingerprint density at radius 2 is 1.83 bits per heavy atom. The Balaban J connectivity index is 1.90. The summed E-state index contributed by atoms with van der Waals surface area (Å²) in [6, 6.07) is 15.8. The first-order valence-electron chi connectivity index (χ1n) is 8.03. The Labute approximate surface area is 143 Å². The molecule has 0 radical (unpaired) electrons. The summed E-state index contributed by atoms with van der Waals surface area (Å²) in [5.74, 6) is 0. The van der Waals surface area contributed by atoms with Crippen LogP contribution in [0.1, 0.15) is 37.5 Å². The Morgan fingerprint density at radius 3 is 2.50 bits per heavy atom. The molecule has 0 unspecified atom stereocenters. The molecule has 0 saturated heterocycles. The van der Waals surface area contributed by atoms with E-state index < -0.39 is 0 Å². The molecule has 3 nitrogen and oxygen atoms in total. The van der Waals surface area contributed by atoms with E-state index in [4.69, 9.17) is 5.26 Å². The molecule has 0 bridgehead atoms. The minimum Gasteiger partial charge on any atom is -0.366 e. The van der Waals surface area contributed by atoms with Gasteiger partial charge in [0.15, 0.2) is 0 Å². The van der Waals surface area contributed by atoms with Crippen LogP contribution in [0, 0.1) is 11.3 Å². The van der Waals surface area contributed by atoms with Gasteiger partial charge in [-0.15, -0.1) is 0 Å². The highest BCUT2D eigenvalue weighted by molar-refractivity contribution is 5.88. The van der Waals surface area contributed by atoms with Gasteiger partial charge >= 0.3 is 0 Å². The highest BCUT2D eigenvalue weighted by atomic mass is 15.2. The predicted molar refractivity (Wildman–Crippen MR) is 101 cm³/mol. The van der Waals surface area contributed by atoms with Crippen molar-refractivity contribution in [1.29, 1.82) is 5.26 Å². The van der Waals surface area contributed by atoms with E-state index in [2.05, 4.69) is 68.1 Å². The van der Waals surface area contributed by atoms with Gasteiger partial charge in [-0.25, -0.2) is 0 Å². The maximum atomic E-state index is 8.83. The summed E-state index contributed by atoms with van der Waals surface area (Å²) < 4.78 is 0. The second-order valence-corrected chi connectivity index (χ2v) is 6.73. The van der Waals surface area contributed by atoms with Crippen molar-refractivity contribution < 1.29 is 0 Å². The van der Waals surface area contributed by atoms with Gasteiger partial charge in [0.25, 0.3) is 0 Å². The van der Waals surface area contributed by atoms with Crippen LogP contribution in [-0.4, -0.2) is 18.8 Å². The van der Waals surface area contributed by atoms with Gasteiger partial charge in [-0.3, -0.25) is 4.99 Å². The van der Waals surface area contributed by atoms with Crippen LogP contribution < -0.4 is 4.90 Å². The molecule has 0 aromatic heterocycles. The van der Waals surface area contributed by atoms with Crippen LogP contribution in [0.25, 0.3) is 5.57 Å². The number of anilines is 1. The summed E-state index contributed by atoms with van der Waals surface area (Å²) >= 11 is 0. The van der Waals surface area contributed by atoms with Gasteiger partial charge in [0.2, 0.25) is 0 Å². The van der Waals surface area contributed by atoms with Crippen LogP contribution in [0.3, 0.4) is 0 Å². The van der Waals surface area contributed by atoms with Crippen LogP contribution in [-0.2, 0) is 0 Å². The van der Waals surface area contributed by atoms with Crippen LogP contribution in [0.2, 0.25) is 0 Å². The number of nitrogens with zero attached hydrogens (tertiary/aromatic N) is 3. The minimum absolute atomic E-state index is 0.0230. The predicted octanol–water partition coefficient (Wildman–Crippen LogP) is 4.94. The average Bonchev–Trinajstić information content (AvgIpc) is 2.58. The molecule has 0 spiro atoms. The Bertz CT molecular complexity index is 865. The molecule has 3 heteroatoms. The molecule has 1 heterocycles. The zero-order valence-electron chi connectivity index (χ0n) is 14.5. The number of hydrogen-bond acceptors (Lipinski definition) is 3. The van der Waals surface area contributed by atoms with Gasteiger partial charge in [-0.2, -0.15) is 5.26 Å². The standard InChI is InChI=1S/C21H21N3/c1-15-12-21(2,3)24(4)20-10-7-17(11-19(15)20)14-23-18-8-5-16(13-22)6-9-18/h5-12,14H,1-4H3. The Hall–Kier alpha value is -2.86. The van der Waals surface area contributed by atoms with Crippen LogP contribution in [0.5, 0.6) is 0 Å². The highest BCUT2D eigenvalue weighted by Crippen LogP contribution is 2.37. The number of likely N-dealkylation sites (N-methyl/N-ethyl adjacent to an activating group) is 1. The lowest BCUT2D eigenvalue weighted by Crippen LogP contribution is -2.42. The van der Waals surface area contributed by atoms with Gasteiger partial charge < -0.3 is 4.90 Å². The normalized spacial score (nSPS) is 15.8. The van der Waals surface area contributed by atoms with E-state index >= 15 is 0 Å². The molecule has 0 N–H and O–H groups in total. The second-order valence-electron chi connectivity index (χ2n) is 6.73. The molecule has 24 heavy (non-hydrogen) atoms. The quantitative estimate of drug-likeness (QED) is 0.736. The van der Waals surface area contributed by atoms with Crippen molar-refractivity contribution in [3.8, 4) is 6.07 Å². The maximum Gasteiger partial charge on any atom is 0.0991 e. The van der Waals surface area contributed by atoms with E-state index in [0.29, 0.717) is 5.56 Å². The Morgan fingerprint density at radius 1 is 1.12 bits per heavy atom. The van der Waals surface area contributed by atoms with Gasteiger partial charge in [-0.1, -0.05) is 12.1 Å². The van der Waals surface area contributed by atoms with Crippen molar-refractivity contribution in [1.82, 2.24) is 0 Å². The first-order valence-corrected chi connectivity index (χ1v) is 8.03. The van der Waals surface area contributed by atoms with E-state index in [1.165, 1.54) is 16.8 Å². The van der Waals surface area contributed by atoms with E-state index in [1.807, 2.05) is 18.3 Å². The number of fused-ring (bicyclic) bond motifs is 1.